The molecule has 3 fully saturated rings. The molecule has 0 radical (unpaired) electrons. The van der Waals surface area contributed by atoms with E-state index in [0.29, 0.717) is 42.4 Å². The molecule has 0 aliphatic carbocycles. The third kappa shape index (κ3) is 8.17. The van der Waals surface area contributed by atoms with Crippen LogP contribution < -0.4 is 10.2 Å². The first-order valence-corrected chi connectivity index (χ1v) is 18.2. The van der Waals surface area contributed by atoms with Crippen LogP contribution in [0.15, 0.2) is 47.0 Å². The number of amides is 3. The number of β-amino-alcohol motifs (C(OH)–C–C–N with tert-alkyl or cyclic N) is 1. The van der Waals surface area contributed by atoms with E-state index in [1.807, 2.05) is 34.6 Å². The largest absolute Gasteiger partial charge is 0.444 e. The van der Waals surface area contributed by atoms with Crippen LogP contribution in [0.25, 0.3) is 11.1 Å². The fourth-order valence-corrected chi connectivity index (χ4v) is 7.68. The third-order valence-electron chi connectivity index (χ3n) is 10.5. The molecule has 53 heavy (non-hydrogen) atoms. The lowest BCUT2D eigenvalue weighted by atomic mass is 9.72. The minimum absolute atomic E-state index is 0.0199. The Morgan fingerprint density at radius 2 is 1.62 bits per heavy atom. The van der Waals surface area contributed by atoms with E-state index in [9.17, 15) is 32.7 Å². The van der Waals surface area contributed by atoms with Crippen molar-refractivity contribution in [1.82, 2.24) is 20.3 Å². The number of piperidine rings is 1. The molecule has 0 bridgehead atoms. The Morgan fingerprint density at radius 3 is 2.21 bits per heavy atom. The van der Waals surface area contributed by atoms with E-state index in [0.717, 1.165) is 25.9 Å². The fourth-order valence-electron chi connectivity index (χ4n) is 7.68. The van der Waals surface area contributed by atoms with Crippen LogP contribution in [-0.2, 0) is 14.3 Å². The van der Waals surface area contributed by atoms with Gasteiger partial charge in [-0.2, -0.15) is 0 Å². The number of aliphatic hydroxyl groups is 1. The highest BCUT2D eigenvalue weighted by Crippen LogP contribution is 2.43. The number of carbonyl (C=O) groups is 3. The molecule has 286 valence electrons. The molecule has 3 aromatic rings. The zero-order valence-electron chi connectivity index (χ0n) is 31.0. The van der Waals surface area contributed by atoms with E-state index >= 15 is 0 Å². The summed E-state index contributed by atoms with van der Waals surface area (Å²) in [6.45, 7) is 13.8. The SMILES string of the molecule is CC(C)C(C(=O)N1C[C@H](O)C[C@H]1C(=O)N[C@@H](C)c1ccc(-c2c(F)cc(F)cc2F)cc1)c1cc(N2CC3(CCN(C(=O)OC(C)(C)C)CC3)C2)no1. The standard InChI is InChI=1S/C39H48F3N5O6/c1-22(2)33(31-18-32(44-53-31)46-20-39(21-46)11-13-45(14-12-39)37(51)52-38(4,5)6)36(50)47-19-27(48)17-30(47)35(49)43-23(3)24-7-9-25(10-8-24)34-28(41)15-26(40)16-29(34)42/h7-10,15-16,18,22-23,27,30,33,48H,11-14,17,19-21H2,1-6H3,(H,43,49)/t23-,27+,30-,33?/m0/s1. The molecule has 14 heteroatoms. The van der Waals surface area contributed by atoms with Crippen LogP contribution in [0.4, 0.5) is 23.8 Å². The van der Waals surface area contributed by atoms with Crippen LogP contribution in [0, 0.1) is 28.8 Å². The van der Waals surface area contributed by atoms with Crippen molar-refractivity contribution in [3.63, 3.8) is 0 Å². The quantitative estimate of drug-likeness (QED) is 0.281. The molecule has 2 aromatic carbocycles. The van der Waals surface area contributed by atoms with Crippen LogP contribution in [-0.4, -0.2) is 88.4 Å². The molecule has 2 N–H and O–H groups in total. The number of benzene rings is 2. The van der Waals surface area contributed by atoms with Gasteiger partial charge in [-0.25, -0.2) is 18.0 Å². The van der Waals surface area contributed by atoms with Gasteiger partial charge in [0.2, 0.25) is 11.8 Å². The molecule has 4 heterocycles. The maximum atomic E-state index is 14.3. The Morgan fingerprint density at radius 1 is 1.00 bits per heavy atom. The van der Waals surface area contributed by atoms with Crippen molar-refractivity contribution >= 4 is 23.7 Å². The summed E-state index contributed by atoms with van der Waals surface area (Å²) in [5.41, 5.74) is 0.0134. The highest BCUT2D eigenvalue weighted by molar-refractivity contribution is 5.91. The average Bonchev–Trinajstić information content (AvgIpc) is 3.69. The molecule has 6 rings (SSSR count). The molecular formula is C39H48F3N5O6. The Balaban J connectivity index is 1.07. The minimum Gasteiger partial charge on any atom is -0.444 e. The molecule has 0 saturated carbocycles. The van der Waals surface area contributed by atoms with Crippen LogP contribution in [0.5, 0.6) is 0 Å². The first-order chi connectivity index (χ1) is 24.9. The fraction of sp³-hybridized carbons (Fsp3) is 0.538. The molecule has 3 aliphatic heterocycles. The molecule has 1 spiro atoms. The Hall–Kier alpha value is -4.59. The van der Waals surface area contributed by atoms with Gasteiger partial charge in [-0.1, -0.05) is 43.3 Å². The average molecular weight is 740 g/mol. The van der Waals surface area contributed by atoms with E-state index in [1.54, 1.807) is 30.0 Å². The number of ether oxygens (including phenoxy) is 1. The van der Waals surface area contributed by atoms with Crippen molar-refractivity contribution in [3.8, 4) is 11.1 Å². The Labute approximate surface area is 307 Å². The van der Waals surface area contributed by atoms with Gasteiger partial charge in [0.15, 0.2) is 11.6 Å². The van der Waals surface area contributed by atoms with Gasteiger partial charge in [0.25, 0.3) is 0 Å². The van der Waals surface area contributed by atoms with Gasteiger partial charge in [-0.05, 0) is 57.6 Å². The van der Waals surface area contributed by atoms with Gasteiger partial charge < -0.3 is 34.4 Å². The number of anilines is 1. The lowest BCUT2D eigenvalue weighted by molar-refractivity contribution is -0.141. The molecule has 3 saturated heterocycles. The van der Waals surface area contributed by atoms with Crippen molar-refractivity contribution in [2.75, 3.05) is 37.6 Å². The van der Waals surface area contributed by atoms with E-state index in [4.69, 9.17) is 9.26 Å². The van der Waals surface area contributed by atoms with E-state index in [1.165, 1.54) is 17.0 Å². The van der Waals surface area contributed by atoms with Crippen LogP contribution in [0.1, 0.15) is 84.1 Å². The number of halogens is 3. The highest BCUT2D eigenvalue weighted by Gasteiger charge is 2.48. The number of aromatic nitrogens is 1. The predicted molar refractivity (Wildman–Crippen MR) is 190 cm³/mol. The van der Waals surface area contributed by atoms with E-state index < -0.39 is 53.1 Å². The van der Waals surface area contributed by atoms with Gasteiger partial charge in [-0.15, -0.1) is 0 Å². The van der Waals surface area contributed by atoms with Crippen LogP contribution in [0.2, 0.25) is 0 Å². The normalized spacial score (nSPS) is 21.1. The predicted octanol–water partition coefficient (Wildman–Crippen LogP) is 6.18. The number of likely N-dealkylation sites (tertiary alicyclic amines) is 2. The Kier molecular flexibility index (Phi) is 10.6. The highest BCUT2D eigenvalue weighted by atomic mass is 19.1. The summed E-state index contributed by atoms with van der Waals surface area (Å²) in [6, 6.07) is 7.72. The van der Waals surface area contributed by atoms with Gasteiger partial charge in [0, 0.05) is 62.8 Å². The van der Waals surface area contributed by atoms with Crippen molar-refractivity contribution in [2.45, 2.75) is 90.5 Å². The van der Waals surface area contributed by atoms with Gasteiger partial charge in [-0.3, -0.25) is 9.59 Å². The summed E-state index contributed by atoms with van der Waals surface area (Å²) in [5, 5.41) is 17.8. The molecule has 3 amide bonds. The number of rotatable bonds is 8. The van der Waals surface area contributed by atoms with Crippen molar-refractivity contribution in [3.05, 3.63) is 71.2 Å². The number of carbonyl (C=O) groups excluding carboxylic acids is 3. The maximum Gasteiger partial charge on any atom is 0.410 e. The molecular weight excluding hydrogens is 691 g/mol. The maximum absolute atomic E-state index is 14.3. The number of nitrogens with zero attached hydrogens (tertiary/aromatic N) is 4. The summed E-state index contributed by atoms with van der Waals surface area (Å²) in [5.74, 6) is -3.82. The van der Waals surface area contributed by atoms with Gasteiger partial charge in [0.05, 0.1) is 17.7 Å². The van der Waals surface area contributed by atoms with E-state index in [-0.39, 0.29) is 47.4 Å². The second-order valence-corrected chi connectivity index (χ2v) is 16.1. The molecule has 3 aliphatic rings. The smallest absolute Gasteiger partial charge is 0.410 e. The van der Waals surface area contributed by atoms with Crippen LogP contribution >= 0.6 is 0 Å². The lowest BCUT2D eigenvalue weighted by Crippen LogP contribution is -2.61. The summed E-state index contributed by atoms with van der Waals surface area (Å²) in [6.07, 6.45) is 0.560. The van der Waals surface area contributed by atoms with Gasteiger partial charge >= 0.3 is 6.09 Å². The second-order valence-electron chi connectivity index (χ2n) is 16.1. The summed E-state index contributed by atoms with van der Waals surface area (Å²) in [4.78, 5) is 45.5. The number of aliphatic hydroxyl groups excluding tert-OH is 1. The first-order valence-electron chi connectivity index (χ1n) is 18.2. The summed E-state index contributed by atoms with van der Waals surface area (Å²) >= 11 is 0. The zero-order chi connectivity index (χ0) is 38.4. The molecule has 1 aromatic heterocycles. The molecule has 1 unspecified atom stereocenters. The van der Waals surface area contributed by atoms with Crippen molar-refractivity contribution < 1.29 is 41.9 Å². The number of hydrogen-bond donors (Lipinski definition) is 2. The minimum atomic E-state index is -1.02. The first kappa shape index (κ1) is 38.1. The topological polar surface area (TPSA) is 128 Å². The third-order valence-corrected chi connectivity index (χ3v) is 10.5. The van der Waals surface area contributed by atoms with Crippen molar-refractivity contribution in [1.29, 1.82) is 0 Å². The molecule has 4 atom stereocenters. The Bertz CT molecular complexity index is 1800. The monoisotopic (exact) mass is 739 g/mol. The number of hydrogen-bond acceptors (Lipinski definition) is 8. The van der Waals surface area contributed by atoms with Gasteiger partial charge in [0.1, 0.15) is 35.0 Å². The molecule has 11 nitrogen and oxygen atoms in total. The zero-order valence-corrected chi connectivity index (χ0v) is 31.0. The van der Waals surface area contributed by atoms with E-state index in [2.05, 4.69) is 15.4 Å². The summed E-state index contributed by atoms with van der Waals surface area (Å²) in [7, 11) is 0. The second kappa shape index (κ2) is 14.7. The number of nitrogens with one attached hydrogen (secondary N) is 1. The lowest BCUT2D eigenvalue weighted by Gasteiger charge is -2.53. The summed E-state index contributed by atoms with van der Waals surface area (Å²) < 4.78 is 53.3. The van der Waals surface area contributed by atoms with Crippen molar-refractivity contribution in [2.24, 2.45) is 11.3 Å². The van der Waals surface area contributed by atoms with Crippen LogP contribution in [0.3, 0.4) is 0 Å².